The number of carbonyl (C=O) groups excluding carboxylic acids is 1. The number of carbonyl (C=O) groups is 1. The minimum Gasteiger partial charge on any atom is -0.284 e. The lowest BCUT2D eigenvalue weighted by molar-refractivity contribution is -0.162. The minimum atomic E-state index is -0.292. The fourth-order valence-corrected chi connectivity index (χ4v) is 2.45. The summed E-state index contributed by atoms with van der Waals surface area (Å²) in [6.45, 7) is 0. The third-order valence-corrected chi connectivity index (χ3v) is 3.45. The summed E-state index contributed by atoms with van der Waals surface area (Å²) in [6, 6.07) is 7.10. The first kappa shape index (κ1) is 9.83. The molecule has 1 atom stereocenters. The highest BCUT2D eigenvalue weighted by atomic mass is 35.5. The van der Waals surface area contributed by atoms with Crippen molar-refractivity contribution in [3.63, 3.8) is 0 Å². The summed E-state index contributed by atoms with van der Waals surface area (Å²) in [7, 11) is 0. The quantitative estimate of drug-likeness (QED) is 0.752. The van der Waals surface area contributed by atoms with E-state index in [4.69, 9.17) is 11.6 Å². The van der Waals surface area contributed by atoms with E-state index in [0.717, 1.165) is 10.6 Å². The first-order chi connectivity index (χ1) is 6.68. The SMILES string of the molecule is O=C1CSC(c2ccc(Cl)cc2)N1O. The number of hydrogen-bond acceptors (Lipinski definition) is 3. The minimum absolute atomic E-state index is 0.255. The van der Waals surface area contributed by atoms with Gasteiger partial charge in [0.1, 0.15) is 5.37 Å². The Bertz CT molecular complexity index is 354. The van der Waals surface area contributed by atoms with Gasteiger partial charge in [-0.2, -0.15) is 0 Å². The van der Waals surface area contributed by atoms with E-state index in [0.29, 0.717) is 10.8 Å². The number of hydroxylamine groups is 2. The molecule has 1 unspecified atom stereocenters. The molecule has 0 radical (unpaired) electrons. The lowest BCUT2D eigenvalue weighted by Gasteiger charge is -2.16. The molecule has 0 aliphatic carbocycles. The molecule has 1 heterocycles. The molecule has 1 aromatic carbocycles. The lowest BCUT2D eigenvalue weighted by atomic mass is 10.2. The van der Waals surface area contributed by atoms with Crippen LogP contribution in [0.5, 0.6) is 0 Å². The highest BCUT2D eigenvalue weighted by molar-refractivity contribution is 8.00. The van der Waals surface area contributed by atoms with Crippen molar-refractivity contribution in [1.82, 2.24) is 5.06 Å². The normalized spacial score (nSPS) is 21.7. The molecule has 1 saturated heterocycles. The second-order valence-corrected chi connectivity index (χ2v) is 4.46. The Labute approximate surface area is 90.6 Å². The highest BCUT2D eigenvalue weighted by Gasteiger charge is 2.31. The van der Waals surface area contributed by atoms with Crippen LogP contribution in [0, 0.1) is 0 Å². The molecule has 1 aliphatic heterocycles. The predicted octanol–water partition coefficient (Wildman–Crippen LogP) is 2.30. The van der Waals surface area contributed by atoms with Crippen LogP contribution in [0.15, 0.2) is 24.3 Å². The molecule has 0 bridgehead atoms. The monoisotopic (exact) mass is 229 g/mol. The fraction of sp³-hybridized carbons (Fsp3) is 0.222. The number of hydrogen-bond donors (Lipinski definition) is 1. The first-order valence-corrected chi connectivity index (χ1v) is 5.49. The van der Waals surface area contributed by atoms with Crippen molar-refractivity contribution in [3.05, 3.63) is 34.9 Å². The van der Waals surface area contributed by atoms with Crippen molar-refractivity contribution in [2.45, 2.75) is 5.37 Å². The van der Waals surface area contributed by atoms with Crippen molar-refractivity contribution in [1.29, 1.82) is 0 Å². The highest BCUT2D eigenvalue weighted by Crippen LogP contribution is 2.37. The molecule has 2 rings (SSSR count). The topological polar surface area (TPSA) is 40.5 Å². The summed E-state index contributed by atoms with van der Waals surface area (Å²) in [5, 5.41) is 10.5. The van der Waals surface area contributed by atoms with Crippen LogP contribution in [0.2, 0.25) is 5.02 Å². The van der Waals surface area contributed by atoms with Crippen molar-refractivity contribution in [2.24, 2.45) is 0 Å². The molecule has 0 saturated carbocycles. The number of nitrogens with zero attached hydrogens (tertiary/aromatic N) is 1. The maximum absolute atomic E-state index is 11.1. The summed E-state index contributed by atoms with van der Waals surface area (Å²) >= 11 is 7.13. The van der Waals surface area contributed by atoms with Gasteiger partial charge in [0.2, 0.25) is 0 Å². The van der Waals surface area contributed by atoms with Crippen LogP contribution in [0.4, 0.5) is 0 Å². The Balaban J connectivity index is 2.23. The van der Waals surface area contributed by atoms with Crippen LogP contribution in [0.25, 0.3) is 0 Å². The lowest BCUT2D eigenvalue weighted by Crippen LogP contribution is -2.23. The Morgan fingerprint density at radius 3 is 2.57 bits per heavy atom. The average Bonchev–Trinajstić information content (AvgIpc) is 2.50. The molecule has 14 heavy (non-hydrogen) atoms. The van der Waals surface area contributed by atoms with Crippen molar-refractivity contribution < 1.29 is 10.0 Å². The van der Waals surface area contributed by atoms with Gasteiger partial charge in [-0.15, -0.1) is 11.8 Å². The van der Waals surface area contributed by atoms with Gasteiger partial charge in [0.05, 0.1) is 5.75 Å². The van der Waals surface area contributed by atoms with Crippen LogP contribution in [0.3, 0.4) is 0 Å². The van der Waals surface area contributed by atoms with E-state index in [9.17, 15) is 10.0 Å². The van der Waals surface area contributed by atoms with E-state index in [1.807, 2.05) is 12.1 Å². The summed E-state index contributed by atoms with van der Waals surface area (Å²) in [5.74, 6) is 0.0685. The van der Waals surface area contributed by atoms with Crippen LogP contribution in [-0.4, -0.2) is 21.9 Å². The molecule has 1 N–H and O–H groups in total. The Kier molecular flexibility index (Phi) is 2.67. The van der Waals surface area contributed by atoms with Crippen molar-refractivity contribution in [3.8, 4) is 0 Å². The van der Waals surface area contributed by atoms with Gasteiger partial charge in [0.25, 0.3) is 5.91 Å². The van der Waals surface area contributed by atoms with Gasteiger partial charge in [-0.1, -0.05) is 23.7 Å². The molecule has 0 spiro atoms. The maximum atomic E-state index is 11.1. The van der Waals surface area contributed by atoms with Gasteiger partial charge in [-0.05, 0) is 17.7 Å². The summed E-state index contributed by atoms with van der Waals surface area (Å²) < 4.78 is 0. The summed E-state index contributed by atoms with van der Waals surface area (Å²) in [6.07, 6.45) is 0. The molecule has 1 aromatic rings. The van der Waals surface area contributed by atoms with Crippen molar-refractivity contribution in [2.75, 3.05) is 5.75 Å². The first-order valence-electron chi connectivity index (χ1n) is 4.06. The average molecular weight is 230 g/mol. The van der Waals surface area contributed by atoms with Crippen molar-refractivity contribution >= 4 is 29.3 Å². The second kappa shape index (κ2) is 3.81. The molecule has 3 nitrogen and oxygen atoms in total. The van der Waals surface area contributed by atoms with Gasteiger partial charge in [-0.3, -0.25) is 10.0 Å². The fourth-order valence-electron chi connectivity index (χ4n) is 1.28. The maximum Gasteiger partial charge on any atom is 0.257 e. The van der Waals surface area contributed by atoms with E-state index in [-0.39, 0.29) is 11.3 Å². The summed E-state index contributed by atoms with van der Waals surface area (Å²) in [4.78, 5) is 11.1. The van der Waals surface area contributed by atoms with Crippen LogP contribution >= 0.6 is 23.4 Å². The van der Waals surface area contributed by atoms with Crippen LogP contribution < -0.4 is 0 Å². The predicted molar refractivity (Wildman–Crippen MR) is 55.3 cm³/mol. The van der Waals surface area contributed by atoms with E-state index in [2.05, 4.69) is 0 Å². The zero-order chi connectivity index (χ0) is 10.1. The molecule has 0 aromatic heterocycles. The van der Waals surface area contributed by atoms with Crippen LogP contribution in [0.1, 0.15) is 10.9 Å². The van der Waals surface area contributed by atoms with Gasteiger partial charge in [0.15, 0.2) is 0 Å². The number of amides is 1. The zero-order valence-corrected chi connectivity index (χ0v) is 8.76. The Hall–Kier alpha value is -0.710. The van der Waals surface area contributed by atoms with E-state index in [1.54, 1.807) is 12.1 Å². The van der Waals surface area contributed by atoms with E-state index in [1.165, 1.54) is 11.8 Å². The van der Waals surface area contributed by atoms with Gasteiger partial charge < -0.3 is 0 Å². The van der Waals surface area contributed by atoms with E-state index < -0.39 is 0 Å². The second-order valence-electron chi connectivity index (χ2n) is 2.95. The number of thioether (sulfide) groups is 1. The zero-order valence-electron chi connectivity index (χ0n) is 7.18. The molecule has 74 valence electrons. The molecular weight excluding hydrogens is 222 g/mol. The summed E-state index contributed by atoms with van der Waals surface area (Å²) in [5.41, 5.74) is 0.882. The van der Waals surface area contributed by atoms with Crippen LogP contribution in [-0.2, 0) is 4.79 Å². The number of halogens is 1. The van der Waals surface area contributed by atoms with Gasteiger partial charge in [-0.25, -0.2) is 5.06 Å². The molecular formula is C9H8ClNO2S. The smallest absolute Gasteiger partial charge is 0.257 e. The standard InChI is InChI=1S/C9H8ClNO2S/c10-7-3-1-6(2-4-7)9-11(13)8(12)5-14-9/h1-4,9,13H,5H2. The van der Waals surface area contributed by atoms with Gasteiger partial charge in [0, 0.05) is 5.02 Å². The molecule has 5 heteroatoms. The molecule has 1 aliphatic rings. The molecule has 1 fully saturated rings. The van der Waals surface area contributed by atoms with E-state index >= 15 is 0 Å². The number of rotatable bonds is 1. The Morgan fingerprint density at radius 1 is 1.43 bits per heavy atom. The number of benzene rings is 1. The third-order valence-electron chi connectivity index (χ3n) is 2.00. The Morgan fingerprint density at radius 2 is 2.07 bits per heavy atom. The largest absolute Gasteiger partial charge is 0.284 e. The van der Waals surface area contributed by atoms with Gasteiger partial charge >= 0.3 is 0 Å². The molecule has 1 amide bonds. The third kappa shape index (κ3) is 1.73.